The number of carbonyl (C=O) groups is 1. The zero-order chi connectivity index (χ0) is 9.10. The minimum atomic E-state index is -0.00787. The number of hydrogen-bond acceptors (Lipinski definition) is 3. The van der Waals surface area contributed by atoms with Crippen molar-refractivity contribution in [1.29, 1.82) is 0 Å². The number of amides is 1. The van der Waals surface area contributed by atoms with Crippen LogP contribution < -0.4 is 5.32 Å². The molecule has 14 heavy (non-hydrogen) atoms. The first kappa shape index (κ1) is 11.0. The van der Waals surface area contributed by atoms with Gasteiger partial charge in [0, 0.05) is 38.6 Å². The number of rotatable bonds is 1. The van der Waals surface area contributed by atoms with Crippen LogP contribution in [0, 0.1) is 0 Å². The van der Waals surface area contributed by atoms with Gasteiger partial charge in [-0.2, -0.15) is 0 Å². The van der Waals surface area contributed by atoms with Gasteiger partial charge in [-0.15, -0.1) is 12.4 Å². The Hall–Kier alpha value is -1.07. The number of hydrogen-bond donors (Lipinski definition) is 2. The number of halogens is 1. The Labute approximate surface area is 88.3 Å². The lowest BCUT2D eigenvalue weighted by Crippen LogP contribution is -2.46. The summed E-state index contributed by atoms with van der Waals surface area (Å²) >= 11 is 0. The lowest BCUT2D eigenvalue weighted by Gasteiger charge is -2.26. The summed E-state index contributed by atoms with van der Waals surface area (Å²) in [5, 5.41) is 3.19. The first-order chi connectivity index (χ1) is 6.38. The van der Waals surface area contributed by atoms with Gasteiger partial charge in [0.25, 0.3) is 5.91 Å². The van der Waals surface area contributed by atoms with Crippen LogP contribution in [0.25, 0.3) is 0 Å². The molecule has 1 aliphatic heterocycles. The highest BCUT2D eigenvalue weighted by molar-refractivity contribution is 5.90. The molecule has 1 fully saturated rings. The second kappa shape index (κ2) is 4.97. The Bertz CT molecular complexity index is 282. The van der Waals surface area contributed by atoms with E-state index in [2.05, 4.69) is 15.3 Å². The third-order valence-electron chi connectivity index (χ3n) is 2.11. The number of carbonyl (C=O) groups excluding carboxylic acids is 1. The second-order valence-corrected chi connectivity index (χ2v) is 2.98. The average Bonchev–Trinajstić information content (AvgIpc) is 2.71. The Morgan fingerprint density at radius 3 is 2.71 bits per heavy atom. The van der Waals surface area contributed by atoms with Crippen molar-refractivity contribution in [2.75, 3.05) is 26.2 Å². The molecule has 0 aromatic carbocycles. The quantitative estimate of drug-likeness (QED) is 0.688. The third kappa shape index (κ3) is 2.24. The monoisotopic (exact) mass is 216 g/mol. The molecule has 0 aliphatic carbocycles. The van der Waals surface area contributed by atoms with Crippen LogP contribution >= 0.6 is 12.4 Å². The number of nitrogens with zero attached hydrogens (tertiary/aromatic N) is 2. The first-order valence-electron chi connectivity index (χ1n) is 4.37. The van der Waals surface area contributed by atoms with Crippen molar-refractivity contribution in [2.45, 2.75) is 0 Å². The zero-order valence-electron chi connectivity index (χ0n) is 7.69. The molecule has 1 aromatic heterocycles. The summed E-state index contributed by atoms with van der Waals surface area (Å²) in [6, 6.07) is 0. The van der Waals surface area contributed by atoms with E-state index < -0.39 is 0 Å². The molecule has 6 heteroatoms. The standard InChI is InChI=1S/C8H12N4O.ClH/c13-8(7-10-1-2-11-7)12-5-3-9-4-6-12;/h1-2,9H,3-6H2,(H,10,11);1H. The van der Waals surface area contributed by atoms with Gasteiger partial charge in [-0.25, -0.2) is 4.98 Å². The summed E-state index contributed by atoms with van der Waals surface area (Å²) in [7, 11) is 0. The highest BCUT2D eigenvalue weighted by Crippen LogP contribution is 1.99. The van der Waals surface area contributed by atoms with E-state index >= 15 is 0 Å². The fourth-order valence-electron chi connectivity index (χ4n) is 1.40. The van der Waals surface area contributed by atoms with Crippen LogP contribution in [0.2, 0.25) is 0 Å². The number of imidazole rings is 1. The van der Waals surface area contributed by atoms with Crippen LogP contribution in [-0.2, 0) is 0 Å². The number of aromatic nitrogens is 2. The van der Waals surface area contributed by atoms with Crippen LogP contribution in [0.4, 0.5) is 0 Å². The Morgan fingerprint density at radius 2 is 2.14 bits per heavy atom. The molecule has 1 amide bonds. The highest BCUT2D eigenvalue weighted by atomic mass is 35.5. The van der Waals surface area contributed by atoms with E-state index in [1.165, 1.54) is 0 Å². The van der Waals surface area contributed by atoms with Gasteiger partial charge in [-0.3, -0.25) is 4.79 Å². The van der Waals surface area contributed by atoms with Crippen LogP contribution in [0.15, 0.2) is 12.4 Å². The molecule has 0 spiro atoms. The van der Waals surface area contributed by atoms with Gasteiger partial charge in [-0.05, 0) is 0 Å². The van der Waals surface area contributed by atoms with Gasteiger partial charge in [0.1, 0.15) is 0 Å². The maximum atomic E-state index is 11.7. The summed E-state index contributed by atoms with van der Waals surface area (Å²) in [5.74, 6) is 0.424. The molecule has 0 unspecified atom stereocenters. The lowest BCUT2D eigenvalue weighted by atomic mass is 10.3. The molecule has 1 saturated heterocycles. The third-order valence-corrected chi connectivity index (χ3v) is 2.11. The molecule has 2 N–H and O–H groups in total. The predicted octanol–water partition coefficient (Wildman–Crippen LogP) is -0.123. The van der Waals surface area contributed by atoms with Crippen molar-refractivity contribution in [3.63, 3.8) is 0 Å². The van der Waals surface area contributed by atoms with E-state index in [4.69, 9.17) is 0 Å². The van der Waals surface area contributed by atoms with Crippen LogP contribution in [0.1, 0.15) is 10.6 Å². The van der Waals surface area contributed by atoms with E-state index in [0.717, 1.165) is 26.2 Å². The van der Waals surface area contributed by atoms with Gasteiger partial charge >= 0.3 is 0 Å². The maximum Gasteiger partial charge on any atom is 0.289 e. The zero-order valence-corrected chi connectivity index (χ0v) is 8.51. The van der Waals surface area contributed by atoms with E-state index in [1.807, 2.05) is 0 Å². The molecular formula is C8H13ClN4O. The van der Waals surface area contributed by atoms with E-state index in [-0.39, 0.29) is 18.3 Å². The molecular weight excluding hydrogens is 204 g/mol. The summed E-state index contributed by atoms with van der Waals surface area (Å²) < 4.78 is 0. The van der Waals surface area contributed by atoms with E-state index in [0.29, 0.717) is 5.82 Å². The number of aromatic amines is 1. The number of piperazine rings is 1. The molecule has 1 aromatic rings. The van der Waals surface area contributed by atoms with E-state index in [1.54, 1.807) is 17.3 Å². The minimum Gasteiger partial charge on any atom is -0.341 e. The van der Waals surface area contributed by atoms with Crippen LogP contribution in [-0.4, -0.2) is 47.0 Å². The van der Waals surface area contributed by atoms with E-state index in [9.17, 15) is 4.79 Å². The molecule has 2 rings (SSSR count). The summed E-state index contributed by atoms with van der Waals surface area (Å²) in [4.78, 5) is 20.2. The largest absolute Gasteiger partial charge is 0.341 e. The predicted molar refractivity (Wildman–Crippen MR) is 54.6 cm³/mol. The highest BCUT2D eigenvalue weighted by Gasteiger charge is 2.18. The fourth-order valence-corrected chi connectivity index (χ4v) is 1.40. The smallest absolute Gasteiger partial charge is 0.289 e. The van der Waals surface area contributed by atoms with Gasteiger partial charge < -0.3 is 15.2 Å². The Balaban J connectivity index is 0.000000980. The van der Waals surface area contributed by atoms with Crippen molar-refractivity contribution < 1.29 is 4.79 Å². The number of nitrogens with one attached hydrogen (secondary N) is 2. The fraction of sp³-hybridized carbons (Fsp3) is 0.500. The van der Waals surface area contributed by atoms with Crippen LogP contribution in [0.3, 0.4) is 0 Å². The summed E-state index contributed by atoms with van der Waals surface area (Å²) in [6.45, 7) is 3.26. The maximum absolute atomic E-state index is 11.7. The molecule has 5 nitrogen and oxygen atoms in total. The Kier molecular flexibility index (Phi) is 3.91. The SMILES string of the molecule is Cl.O=C(c1ncc[nH]1)N1CCNCC1. The first-order valence-corrected chi connectivity index (χ1v) is 4.37. The van der Waals surface area contributed by atoms with Crippen molar-refractivity contribution in [3.05, 3.63) is 18.2 Å². The molecule has 2 heterocycles. The Morgan fingerprint density at radius 1 is 1.43 bits per heavy atom. The van der Waals surface area contributed by atoms with Gasteiger partial charge in [0.2, 0.25) is 0 Å². The molecule has 0 atom stereocenters. The summed E-state index contributed by atoms with van der Waals surface area (Å²) in [6.07, 6.45) is 3.25. The molecule has 0 radical (unpaired) electrons. The molecule has 0 saturated carbocycles. The van der Waals surface area contributed by atoms with Crippen molar-refractivity contribution in [3.8, 4) is 0 Å². The van der Waals surface area contributed by atoms with Gasteiger partial charge in [-0.1, -0.05) is 0 Å². The normalized spacial score (nSPS) is 16.1. The molecule has 78 valence electrons. The van der Waals surface area contributed by atoms with Crippen molar-refractivity contribution in [2.24, 2.45) is 0 Å². The van der Waals surface area contributed by atoms with Gasteiger partial charge in [0.05, 0.1) is 0 Å². The van der Waals surface area contributed by atoms with Crippen molar-refractivity contribution >= 4 is 18.3 Å². The molecule has 0 bridgehead atoms. The van der Waals surface area contributed by atoms with Crippen molar-refractivity contribution in [1.82, 2.24) is 20.2 Å². The topological polar surface area (TPSA) is 61.0 Å². The van der Waals surface area contributed by atoms with Crippen LogP contribution in [0.5, 0.6) is 0 Å². The second-order valence-electron chi connectivity index (χ2n) is 2.98. The van der Waals surface area contributed by atoms with Gasteiger partial charge in [0.15, 0.2) is 5.82 Å². The average molecular weight is 217 g/mol. The minimum absolute atomic E-state index is 0. The lowest BCUT2D eigenvalue weighted by molar-refractivity contribution is 0.0724. The summed E-state index contributed by atoms with van der Waals surface area (Å²) in [5.41, 5.74) is 0. The molecule has 1 aliphatic rings. The number of H-pyrrole nitrogens is 1.